The molecule has 0 saturated heterocycles. The smallest absolute Gasteiger partial charge is 0.339 e. The van der Waals surface area contributed by atoms with Crippen LogP contribution in [-0.4, -0.2) is 39.3 Å². The zero-order valence-corrected chi connectivity index (χ0v) is 9.41. The lowest BCUT2D eigenvalue weighted by Gasteiger charge is -2.10. The van der Waals surface area contributed by atoms with Crippen LogP contribution in [0.2, 0.25) is 0 Å². The van der Waals surface area contributed by atoms with Crippen molar-refractivity contribution in [3.8, 4) is 0 Å². The number of carboxylic acid groups (broad SMARTS) is 1. The predicted octanol–water partition coefficient (Wildman–Crippen LogP) is 1.34. The van der Waals surface area contributed by atoms with Crippen LogP contribution in [-0.2, 0) is 0 Å². The molecule has 1 aromatic heterocycles. The number of carbonyl (C=O) groups is 1. The summed E-state index contributed by atoms with van der Waals surface area (Å²) in [4.78, 5) is 10.8. The largest absolute Gasteiger partial charge is 0.478 e. The minimum absolute atomic E-state index is 0.151. The van der Waals surface area contributed by atoms with Gasteiger partial charge in [0.05, 0.1) is 6.20 Å². The Labute approximate surface area is 92.3 Å². The summed E-state index contributed by atoms with van der Waals surface area (Å²) in [7, 11) is 0. The Bertz CT molecular complexity index is 346. The van der Waals surface area contributed by atoms with Gasteiger partial charge in [-0.2, -0.15) is 16.9 Å². The standard InChI is InChI=1S/C9H13N3O2S/c1-6(15-2)5-10-8-7(9(13)14)3-4-11-12-8/h3-4,6H,5H2,1-2H3,(H,10,12)(H,13,14). The number of carboxylic acids is 1. The Morgan fingerprint density at radius 2 is 2.47 bits per heavy atom. The first kappa shape index (κ1) is 11.8. The molecule has 0 bridgehead atoms. The van der Waals surface area contributed by atoms with Crippen LogP contribution in [0.25, 0.3) is 0 Å². The van der Waals surface area contributed by atoms with Crippen molar-refractivity contribution < 1.29 is 9.90 Å². The molecule has 1 rings (SSSR count). The Hall–Kier alpha value is -1.30. The van der Waals surface area contributed by atoms with Crippen molar-refractivity contribution in [3.63, 3.8) is 0 Å². The summed E-state index contributed by atoms with van der Waals surface area (Å²) in [5, 5.41) is 19.6. The highest BCUT2D eigenvalue weighted by Crippen LogP contribution is 2.12. The molecule has 0 radical (unpaired) electrons. The summed E-state index contributed by atoms with van der Waals surface area (Å²) in [5.74, 6) is -0.671. The molecule has 1 aromatic rings. The monoisotopic (exact) mass is 227 g/mol. The van der Waals surface area contributed by atoms with Crippen LogP contribution in [0.4, 0.5) is 5.82 Å². The van der Waals surface area contributed by atoms with Gasteiger partial charge in [0.25, 0.3) is 0 Å². The van der Waals surface area contributed by atoms with Gasteiger partial charge in [0.1, 0.15) is 5.56 Å². The molecule has 0 saturated carbocycles. The van der Waals surface area contributed by atoms with Crippen molar-refractivity contribution in [2.45, 2.75) is 12.2 Å². The van der Waals surface area contributed by atoms with Crippen LogP contribution in [0.5, 0.6) is 0 Å². The average Bonchev–Trinajstić information content (AvgIpc) is 2.26. The second kappa shape index (κ2) is 5.55. The molecular weight excluding hydrogens is 214 g/mol. The number of rotatable bonds is 5. The van der Waals surface area contributed by atoms with Crippen molar-refractivity contribution in [2.75, 3.05) is 18.1 Å². The fourth-order valence-electron chi connectivity index (χ4n) is 0.959. The van der Waals surface area contributed by atoms with Crippen molar-refractivity contribution >= 4 is 23.5 Å². The van der Waals surface area contributed by atoms with Crippen LogP contribution in [0.3, 0.4) is 0 Å². The van der Waals surface area contributed by atoms with Crippen molar-refractivity contribution in [1.82, 2.24) is 10.2 Å². The van der Waals surface area contributed by atoms with E-state index in [1.165, 1.54) is 12.3 Å². The Balaban J connectivity index is 2.72. The number of anilines is 1. The average molecular weight is 227 g/mol. The van der Waals surface area contributed by atoms with E-state index in [9.17, 15) is 4.79 Å². The van der Waals surface area contributed by atoms with E-state index in [1.54, 1.807) is 11.8 Å². The first-order valence-electron chi connectivity index (χ1n) is 4.46. The molecule has 15 heavy (non-hydrogen) atoms. The fraction of sp³-hybridized carbons (Fsp3) is 0.444. The zero-order valence-electron chi connectivity index (χ0n) is 8.60. The van der Waals surface area contributed by atoms with Gasteiger partial charge < -0.3 is 10.4 Å². The quantitative estimate of drug-likeness (QED) is 0.790. The highest BCUT2D eigenvalue weighted by Gasteiger charge is 2.11. The fourth-order valence-corrected chi connectivity index (χ4v) is 1.21. The van der Waals surface area contributed by atoms with E-state index >= 15 is 0 Å². The van der Waals surface area contributed by atoms with Crippen LogP contribution < -0.4 is 5.32 Å². The lowest BCUT2D eigenvalue weighted by atomic mass is 10.3. The van der Waals surface area contributed by atoms with E-state index in [4.69, 9.17) is 5.11 Å². The topological polar surface area (TPSA) is 75.1 Å². The number of hydrogen-bond donors (Lipinski definition) is 2. The zero-order chi connectivity index (χ0) is 11.3. The van der Waals surface area contributed by atoms with Gasteiger partial charge in [-0.05, 0) is 12.3 Å². The van der Waals surface area contributed by atoms with E-state index in [-0.39, 0.29) is 5.56 Å². The van der Waals surface area contributed by atoms with Crippen molar-refractivity contribution in [3.05, 3.63) is 17.8 Å². The van der Waals surface area contributed by atoms with Gasteiger partial charge in [0, 0.05) is 11.8 Å². The maximum atomic E-state index is 10.8. The van der Waals surface area contributed by atoms with E-state index in [0.717, 1.165) is 0 Å². The van der Waals surface area contributed by atoms with Gasteiger partial charge in [-0.15, -0.1) is 5.10 Å². The number of hydrogen-bond acceptors (Lipinski definition) is 5. The van der Waals surface area contributed by atoms with Gasteiger partial charge in [-0.25, -0.2) is 4.79 Å². The number of thioether (sulfide) groups is 1. The van der Waals surface area contributed by atoms with Gasteiger partial charge >= 0.3 is 5.97 Å². The van der Waals surface area contributed by atoms with Crippen LogP contribution in [0.1, 0.15) is 17.3 Å². The Kier molecular flexibility index (Phi) is 4.36. The predicted molar refractivity (Wildman–Crippen MR) is 60.5 cm³/mol. The number of aromatic carboxylic acids is 1. The highest BCUT2D eigenvalue weighted by atomic mass is 32.2. The summed E-state index contributed by atoms with van der Waals surface area (Å²) >= 11 is 1.70. The van der Waals surface area contributed by atoms with E-state index < -0.39 is 5.97 Å². The molecule has 0 aromatic carbocycles. The first-order valence-corrected chi connectivity index (χ1v) is 5.75. The number of aromatic nitrogens is 2. The molecule has 5 nitrogen and oxygen atoms in total. The minimum atomic E-state index is -0.996. The molecule has 1 atom stereocenters. The van der Waals surface area contributed by atoms with Crippen LogP contribution in [0, 0.1) is 0 Å². The molecule has 0 aliphatic rings. The van der Waals surface area contributed by atoms with E-state index in [1.807, 2.05) is 6.26 Å². The normalized spacial score (nSPS) is 12.1. The first-order chi connectivity index (χ1) is 7.15. The molecule has 0 fully saturated rings. The number of nitrogens with zero attached hydrogens (tertiary/aromatic N) is 2. The summed E-state index contributed by atoms with van der Waals surface area (Å²) in [6, 6.07) is 1.43. The van der Waals surface area contributed by atoms with Crippen LogP contribution >= 0.6 is 11.8 Å². The molecule has 0 amide bonds. The molecule has 1 heterocycles. The second-order valence-electron chi connectivity index (χ2n) is 3.03. The van der Waals surface area contributed by atoms with E-state index in [2.05, 4.69) is 22.4 Å². The molecule has 1 unspecified atom stereocenters. The Morgan fingerprint density at radius 3 is 3.07 bits per heavy atom. The second-order valence-corrected chi connectivity index (χ2v) is 4.30. The highest BCUT2D eigenvalue weighted by molar-refractivity contribution is 7.99. The molecule has 0 spiro atoms. The van der Waals surface area contributed by atoms with Crippen molar-refractivity contribution in [1.29, 1.82) is 0 Å². The molecular formula is C9H13N3O2S. The maximum Gasteiger partial charge on any atom is 0.339 e. The maximum absolute atomic E-state index is 10.8. The van der Waals surface area contributed by atoms with Gasteiger partial charge in [-0.3, -0.25) is 0 Å². The Morgan fingerprint density at radius 1 is 1.73 bits per heavy atom. The summed E-state index contributed by atoms with van der Waals surface area (Å²) in [6.07, 6.45) is 3.37. The van der Waals surface area contributed by atoms with Gasteiger partial charge in [0.15, 0.2) is 5.82 Å². The van der Waals surface area contributed by atoms with Gasteiger partial charge in [-0.1, -0.05) is 6.92 Å². The number of nitrogens with one attached hydrogen (secondary N) is 1. The van der Waals surface area contributed by atoms with Crippen molar-refractivity contribution in [2.24, 2.45) is 0 Å². The third-order valence-corrected chi connectivity index (χ3v) is 2.88. The minimum Gasteiger partial charge on any atom is -0.478 e. The SMILES string of the molecule is CSC(C)CNc1nnccc1C(=O)O. The molecule has 82 valence electrons. The molecule has 0 aliphatic carbocycles. The summed E-state index contributed by atoms with van der Waals surface area (Å²) in [6.45, 7) is 2.72. The summed E-state index contributed by atoms with van der Waals surface area (Å²) < 4.78 is 0. The molecule has 0 aliphatic heterocycles. The lowest BCUT2D eigenvalue weighted by Crippen LogP contribution is -2.16. The lowest BCUT2D eigenvalue weighted by molar-refractivity contribution is 0.0697. The summed E-state index contributed by atoms with van der Waals surface area (Å²) in [5.41, 5.74) is 0.151. The van der Waals surface area contributed by atoms with E-state index in [0.29, 0.717) is 17.6 Å². The molecule has 6 heteroatoms. The third kappa shape index (κ3) is 3.39. The molecule has 2 N–H and O–H groups in total. The van der Waals surface area contributed by atoms with Gasteiger partial charge in [0.2, 0.25) is 0 Å². The van der Waals surface area contributed by atoms with Crippen LogP contribution in [0.15, 0.2) is 12.3 Å². The third-order valence-electron chi connectivity index (χ3n) is 1.91.